The highest BCUT2D eigenvalue weighted by Gasteiger charge is 2.39. The van der Waals surface area contributed by atoms with Gasteiger partial charge in [0, 0.05) is 13.0 Å². The van der Waals surface area contributed by atoms with Crippen molar-refractivity contribution in [1.82, 2.24) is 0 Å². The molecule has 23 heavy (non-hydrogen) atoms. The summed E-state index contributed by atoms with van der Waals surface area (Å²) in [5.74, 6) is 0.446. The molecule has 0 aliphatic carbocycles. The maximum atomic E-state index is 12.6. The largest absolute Gasteiger partial charge is 0.493 e. The number of hydrogen-bond donors (Lipinski definition) is 2. The predicted molar refractivity (Wildman–Crippen MR) is 87.6 cm³/mol. The molecule has 130 valence electrons. The summed E-state index contributed by atoms with van der Waals surface area (Å²) in [6.07, 6.45) is 0.0415. The Morgan fingerprint density at radius 2 is 1.91 bits per heavy atom. The van der Waals surface area contributed by atoms with Gasteiger partial charge in [-0.3, -0.25) is 0 Å². The number of methoxy groups -OCH3 is 1. The monoisotopic (exact) mass is 325 g/mol. The molecule has 0 aliphatic heterocycles. The first-order valence-electron chi connectivity index (χ1n) is 7.62. The highest BCUT2D eigenvalue weighted by molar-refractivity contribution is 5.83. The van der Waals surface area contributed by atoms with Crippen LogP contribution in [0.1, 0.15) is 39.7 Å². The SMILES string of the molecule is CCOc1cc(C(N)(CCO)C(=O)OC(C)(C)C)ccc1OC. The molecule has 0 saturated heterocycles. The van der Waals surface area contributed by atoms with Crippen molar-refractivity contribution in [3.63, 3.8) is 0 Å². The van der Waals surface area contributed by atoms with Crippen molar-refractivity contribution >= 4 is 5.97 Å². The Kier molecular flexibility index (Phi) is 6.41. The third-order valence-corrected chi connectivity index (χ3v) is 3.25. The smallest absolute Gasteiger partial charge is 0.331 e. The number of carbonyl (C=O) groups excluding carboxylic acids is 1. The van der Waals surface area contributed by atoms with E-state index >= 15 is 0 Å². The topological polar surface area (TPSA) is 91.0 Å². The van der Waals surface area contributed by atoms with Crippen molar-refractivity contribution in [2.45, 2.75) is 45.3 Å². The number of benzene rings is 1. The zero-order valence-electron chi connectivity index (χ0n) is 14.5. The van der Waals surface area contributed by atoms with Crippen LogP contribution in [0, 0.1) is 0 Å². The average Bonchev–Trinajstić information content (AvgIpc) is 2.45. The minimum absolute atomic E-state index is 0.0415. The lowest BCUT2D eigenvalue weighted by molar-refractivity contribution is -0.163. The summed E-state index contributed by atoms with van der Waals surface area (Å²) in [7, 11) is 1.54. The van der Waals surface area contributed by atoms with Gasteiger partial charge in [0.2, 0.25) is 0 Å². The molecule has 6 nitrogen and oxygen atoms in total. The van der Waals surface area contributed by atoms with Crippen LogP contribution in [0.4, 0.5) is 0 Å². The lowest BCUT2D eigenvalue weighted by Gasteiger charge is -2.31. The van der Waals surface area contributed by atoms with E-state index in [2.05, 4.69) is 0 Å². The molecular weight excluding hydrogens is 298 g/mol. The van der Waals surface area contributed by atoms with E-state index in [-0.39, 0.29) is 13.0 Å². The number of hydrogen-bond acceptors (Lipinski definition) is 6. The summed E-state index contributed by atoms with van der Waals surface area (Å²) in [6, 6.07) is 5.02. The van der Waals surface area contributed by atoms with E-state index in [0.717, 1.165) is 0 Å². The second-order valence-corrected chi connectivity index (χ2v) is 6.25. The molecule has 1 aromatic carbocycles. The number of carbonyl (C=O) groups is 1. The van der Waals surface area contributed by atoms with Gasteiger partial charge in [-0.15, -0.1) is 0 Å². The van der Waals surface area contributed by atoms with Crippen molar-refractivity contribution in [3.05, 3.63) is 23.8 Å². The predicted octanol–water partition coefficient (Wildman–Crippen LogP) is 1.97. The van der Waals surface area contributed by atoms with Crippen molar-refractivity contribution in [3.8, 4) is 11.5 Å². The lowest BCUT2D eigenvalue weighted by Crippen LogP contribution is -2.49. The van der Waals surface area contributed by atoms with Crippen LogP contribution in [-0.2, 0) is 15.1 Å². The molecule has 0 radical (unpaired) electrons. The van der Waals surface area contributed by atoms with Crippen LogP contribution >= 0.6 is 0 Å². The molecule has 0 amide bonds. The van der Waals surface area contributed by atoms with Gasteiger partial charge < -0.3 is 25.1 Å². The molecule has 6 heteroatoms. The fourth-order valence-corrected chi connectivity index (χ4v) is 2.13. The highest BCUT2D eigenvalue weighted by Crippen LogP contribution is 2.34. The Hall–Kier alpha value is -1.79. The molecule has 0 bridgehead atoms. The Bertz CT molecular complexity index is 538. The third-order valence-electron chi connectivity index (χ3n) is 3.25. The Labute approximate surface area is 137 Å². The molecule has 0 saturated carbocycles. The minimum atomic E-state index is -1.46. The summed E-state index contributed by atoms with van der Waals surface area (Å²) in [5.41, 5.74) is 4.68. The van der Waals surface area contributed by atoms with Crippen LogP contribution in [-0.4, -0.2) is 37.0 Å². The van der Waals surface area contributed by atoms with Crippen LogP contribution in [0.15, 0.2) is 18.2 Å². The fraction of sp³-hybridized carbons (Fsp3) is 0.588. The van der Waals surface area contributed by atoms with Crippen molar-refractivity contribution in [2.24, 2.45) is 5.73 Å². The molecule has 1 rings (SSSR count). The molecular formula is C17H27NO5. The number of esters is 1. The second-order valence-electron chi connectivity index (χ2n) is 6.25. The third kappa shape index (κ3) is 4.84. The number of aliphatic hydroxyl groups is 1. The number of ether oxygens (including phenoxy) is 3. The van der Waals surface area contributed by atoms with E-state index in [1.807, 2.05) is 6.92 Å². The van der Waals surface area contributed by atoms with E-state index in [0.29, 0.717) is 23.7 Å². The summed E-state index contributed by atoms with van der Waals surface area (Å²) in [5, 5.41) is 9.34. The van der Waals surface area contributed by atoms with E-state index in [1.165, 1.54) is 7.11 Å². The van der Waals surface area contributed by atoms with Crippen LogP contribution in [0.3, 0.4) is 0 Å². The molecule has 0 aromatic heterocycles. The van der Waals surface area contributed by atoms with E-state index in [1.54, 1.807) is 39.0 Å². The molecule has 0 fully saturated rings. The fourth-order valence-electron chi connectivity index (χ4n) is 2.13. The minimum Gasteiger partial charge on any atom is -0.493 e. The quantitative estimate of drug-likeness (QED) is 0.745. The van der Waals surface area contributed by atoms with Crippen LogP contribution < -0.4 is 15.2 Å². The Balaban J connectivity index is 3.28. The van der Waals surface area contributed by atoms with Gasteiger partial charge in [0.1, 0.15) is 11.1 Å². The maximum absolute atomic E-state index is 12.6. The van der Waals surface area contributed by atoms with Gasteiger partial charge in [-0.25, -0.2) is 4.79 Å². The van der Waals surface area contributed by atoms with E-state index in [9.17, 15) is 9.90 Å². The summed E-state index contributed by atoms with van der Waals surface area (Å²) in [4.78, 5) is 12.6. The van der Waals surface area contributed by atoms with Gasteiger partial charge in [0.15, 0.2) is 11.5 Å². The van der Waals surface area contributed by atoms with Gasteiger partial charge in [0.25, 0.3) is 0 Å². The molecule has 0 spiro atoms. The second kappa shape index (κ2) is 7.66. The highest BCUT2D eigenvalue weighted by atomic mass is 16.6. The number of nitrogens with two attached hydrogens (primary N) is 1. The van der Waals surface area contributed by atoms with Crippen molar-refractivity contribution in [2.75, 3.05) is 20.3 Å². The Morgan fingerprint density at radius 1 is 1.26 bits per heavy atom. The zero-order valence-corrected chi connectivity index (χ0v) is 14.5. The van der Waals surface area contributed by atoms with E-state index < -0.39 is 17.1 Å². The van der Waals surface area contributed by atoms with Crippen LogP contribution in [0.5, 0.6) is 11.5 Å². The van der Waals surface area contributed by atoms with Gasteiger partial charge in [-0.05, 0) is 45.4 Å². The average molecular weight is 325 g/mol. The van der Waals surface area contributed by atoms with E-state index in [4.69, 9.17) is 19.9 Å². The van der Waals surface area contributed by atoms with Crippen LogP contribution in [0.25, 0.3) is 0 Å². The summed E-state index contributed by atoms with van der Waals surface area (Å²) < 4.78 is 16.2. The van der Waals surface area contributed by atoms with Crippen LogP contribution in [0.2, 0.25) is 0 Å². The summed E-state index contributed by atoms with van der Waals surface area (Å²) in [6.45, 7) is 7.36. The molecule has 0 aliphatic rings. The van der Waals surface area contributed by atoms with Gasteiger partial charge in [0.05, 0.1) is 13.7 Å². The summed E-state index contributed by atoms with van der Waals surface area (Å²) >= 11 is 0. The normalized spacial score (nSPS) is 14.0. The van der Waals surface area contributed by atoms with Gasteiger partial charge in [-0.2, -0.15) is 0 Å². The first-order valence-corrected chi connectivity index (χ1v) is 7.62. The number of rotatable bonds is 7. The lowest BCUT2D eigenvalue weighted by atomic mass is 9.87. The first-order chi connectivity index (χ1) is 10.7. The molecule has 0 heterocycles. The van der Waals surface area contributed by atoms with Crippen molar-refractivity contribution < 1.29 is 24.1 Å². The maximum Gasteiger partial charge on any atom is 0.331 e. The zero-order chi connectivity index (χ0) is 17.7. The molecule has 1 aromatic rings. The molecule has 3 N–H and O–H groups in total. The molecule has 1 unspecified atom stereocenters. The van der Waals surface area contributed by atoms with Gasteiger partial charge >= 0.3 is 5.97 Å². The Morgan fingerprint density at radius 3 is 2.39 bits per heavy atom. The van der Waals surface area contributed by atoms with Crippen molar-refractivity contribution in [1.29, 1.82) is 0 Å². The number of aliphatic hydroxyl groups excluding tert-OH is 1. The first kappa shape index (κ1) is 19.3. The molecule has 1 atom stereocenters. The van der Waals surface area contributed by atoms with Gasteiger partial charge in [-0.1, -0.05) is 6.07 Å². The standard InChI is InChI=1S/C17H27NO5/c1-6-22-14-11-12(7-8-13(14)21-5)17(18,9-10-19)15(20)23-16(2,3)4/h7-8,11,19H,6,9-10,18H2,1-5H3.